The second kappa shape index (κ2) is 5.19. The molecule has 98 valence electrons. The third kappa shape index (κ3) is 2.46. The van der Waals surface area contributed by atoms with Gasteiger partial charge in [-0.15, -0.1) is 0 Å². The Morgan fingerprint density at radius 1 is 1.17 bits per heavy atom. The molecular formula is C15H22N2O. The summed E-state index contributed by atoms with van der Waals surface area (Å²) in [5, 5.41) is 16.8. The van der Waals surface area contributed by atoms with Crippen LogP contribution in [0.1, 0.15) is 32.1 Å². The van der Waals surface area contributed by atoms with E-state index in [-0.39, 0.29) is 0 Å². The zero-order valence-corrected chi connectivity index (χ0v) is 10.7. The van der Waals surface area contributed by atoms with Crippen LogP contribution < -0.4 is 10.6 Å². The van der Waals surface area contributed by atoms with Crippen molar-refractivity contribution in [2.24, 2.45) is 5.92 Å². The lowest BCUT2D eigenvalue weighted by Crippen LogP contribution is -2.38. The first-order valence-corrected chi connectivity index (χ1v) is 7.12. The minimum Gasteiger partial charge on any atom is -0.508 e. The summed E-state index contributed by atoms with van der Waals surface area (Å²) < 4.78 is 0. The van der Waals surface area contributed by atoms with E-state index in [4.69, 9.17) is 0 Å². The Labute approximate surface area is 109 Å². The SMILES string of the molecule is Oc1cccc(NC2CCCC2C2CCCN2)c1. The fourth-order valence-electron chi connectivity index (χ4n) is 3.54. The molecule has 3 heteroatoms. The van der Waals surface area contributed by atoms with Crippen LogP contribution in [-0.2, 0) is 0 Å². The lowest BCUT2D eigenvalue weighted by molar-refractivity contribution is 0.376. The number of aromatic hydroxyl groups is 1. The van der Waals surface area contributed by atoms with Crippen molar-refractivity contribution in [2.45, 2.75) is 44.2 Å². The van der Waals surface area contributed by atoms with Gasteiger partial charge in [-0.1, -0.05) is 12.5 Å². The van der Waals surface area contributed by atoms with E-state index in [9.17, 15) is 5.11 Å². The van der Waals surface area contributed by atoms with Gasteiger partial charge in [0.05, 0.1) is 0 Å². The van der Waals surface area contributed by atoms with E-state index in [1.165, 1.54) is 38.6 Å². The van der Waals surface area contributed by atoms with Crippen molar-refractivity contribution < 1.29 is 5.11 Å². The first-order valence-electron chi connectivity index (χ1n) is 7.12. The average Bonchev–Trinajstić information content (AvgIpc) is 2.98. The predicted octanol–water partition coefficient (Wildman–Crippen LogP) is 2.72. The molecule has 0 bridgehead atoms. The van der Waals surface area contributed by atoms with Gasteiger partial charge in [0.25, 0.3) is 0 Å². The predicted molar refractivity (Wildman–Crippen MR) is 73.9 cm³/mol. The van der Waals surface area contributed by atoms with E-state index in [1.54, 1.807) is 6.07 Å². The minimum absolute atomic E-state index is 0.341. The van der Waals surface area contributed by atoms with E-state index >= 15 is 0 Å². The van der Waals surface area contributed by atoms with Gasteiger partial charge in [0.1, 0.15) is 5.75 Å². The molecule has 3 rings (SSSR count). The number of hydrogen-bond acceptors (Lipinski definition) is 3. The molecule has 1 aromatic rings. The lowest BCUT2D eigenvalue weighted by atomic mass is 9.93. The first kappa shape index (κ1) is 11.8. The fourth-order valence-corrected chi connectivity index (χ4v) is 3.54. The van der Waals surface area contributed by atoms with Crippen LogP contribution in [0.2, 0.25) is 0 Å². The van der Waals surface area contributed by atoms with Crippen molar-refractivity contribution in [3.05, 3.63) is 24.3 Å². The quantitative estimate of drug-likeness (QED) is 0.768. The van der Waals surface area contributed by atoms with E-state index in [2.05, 4.69) is 10.6 Å². The molecule has 18 heavy (non-hydrogen) atoms. The maximum Gasteiger partial charge on any atom is 0.117 e. The average molecular weight is 246 g/mol. The molecule has 1 saturated carbocycles. The van der Waals surface area contributed by atoms with Gasteiger partial charge in [-0.2, -0.15) is 0 Å². The third-order valence-electron chi connectivity index (χ3n) is 4.38. The summed E-state index contributed by atoms with van der Waals surface area (Å²) in [4.78, 5) is 0. The number of phenolic OH excluding ortho intramolecular Hbond substituents is 1. The minimum atomic E-state index is 0.341. The van der Waals surface area contributed by atoms with Crippen molar-refractivity contribution >= 4 is 5.69 Å². The largest absolute Gasteiger partial charge is 0.508 e. The Bertz CT molecular complexity index is 401. The topological polar surface area (TPSA) is 44.3 Å². The van der Waals surface area contributed by atoms with Crippen LogP contribution in [0.15, 0.2) is 24.3 Å². The van der Waals surface area contributed by atoms with Crippen LogP contribution in [-0.4, -0.2) is 23.7 Å². The zero-order chi connectivity index (χ0) is 12.4. The van der Waals surface area contributed by atoms with Gasteiger partial charge in [0.2, 0.25) is 0 Å². The molecule has 1 aliphatic carbocycles. The zero-order valence-electron chi connectivity index (χ0n) is 10.7. The number of nitrogens with one attached hydrogen (secondary N) is 2. The van der Waals surface area contributed by atoms with Crippen LogP contribution in [0.25, 0.3) is 0 Å². The molecule has 2 aliphatic rings. The Morgan fingerprint density at radius 2 is 2.11 bits per heavy atom. The number of anilines is 1. The Balaban J connectivity index is 1.67. The maximum atomic E-state index is 9.51. The Morgan fingerprint density at radius 3 is 2.89 bits per heavy atom. The lowest BCUT2D eigenvalue weighted by Gasteiger charge is -2.27. The molecule has 1 aliphatic heterocycles. The number of phenols is 1. The highest BCUT2D eigenvalue weighted by Crippen LogP contribution is 2.34. The van der Waals surface area contributed by atoms with Gasteiger partial charge in [0, 0.05) is 23.8 Å². The molecule has 0 spiro atoms. The standard InChI is InChI=1S/C15H22N2O/c18-12-5-1-4-11(10-12)17-15-7-2-6-13(15)14-8-3-9-16-14/h1,4-5,10,13-18H,2-3,6-9H2. The molecule has 3 N–H and O–H groups in total. The molecule has 1 saturated heterocycles. The van der Waals surface area contributed by atoms with Crippen LogP contribution in [0.5, 0.6) is 5.75 Å². The summed E-state index contributed by atoms with van der Waals surface area (Å²) in [6.07, 6.45) is 6.54. The van der Waals surface area contributed by atoms with E-state index < -0.39 is 0 Å². The number of rotatable bonds is 3. The summed E-state index contributed by atoms with van der Waals surface area (Å²) in [7, 11) is 0. The molecule has 0 aromatic heterocycles. The molecule has 2 fully saturated rings. The second-order valence-corrected chi connectivity index (χ2v) is 5.60. The van der Waals surface area contributed by atoms with E-state index in [1.807, 2.05) is 18.2 Å². The fraction of sp³-hybridized carbons (Fsp3) is 0.600. The smallest absolute Gasteiger partial charge is 0.117 e. The van der Waals surface area contributed by atoms with Crippen LogP contribution in [0, 0.1) is 5.92 Å². The molecule has 0 radical (unpaired) electrons. The molecule has 3 atom stereocenters. The Hall–Kier alpha value is -1.22. The van der Waals surface area contributed by atoms with Gasteiger partial charge >= 0.3 is 0 Å². The first-order chi connectivity index (χ1) is 8.83. The summed E-state index contributed by atoms with van der Waals surface area (Å²) in [5.74, 6) is 1.09. The van der Waals surface area contributed by atoms with Crippen LogP contribution in [0.3, 0.4) is 0 Å². The Kier molecular flexibility index (Phi) is 3.41. The molecule has 3 unspecified atom stereocenters. The molecular weight excluding hydrogens is 224 g/mol. The van der Waals surface area contributed by atoms with Crippen molar-refractivity contribution in [1.82, 2.24) is 5.32 Å². The summed E-state index contributed by atoms with van der Waals surface area (Å²) in [5.41, 5.74) is 1.05. The van der Waals surface area contributed by atoms with Crippen molar-refractivity contribution in [3.63, 3.8) is 0 Å². The highest BCUT2D eigenvalue weighted by atomic mass is 16.3. The van der Waals surface area contributed by atoms with Gasteiger partial charge in [-0.25, -0.2) is 0 Å². The van der Waals surface area contributed by atoms with E-state index in [0.717, 1.165) is 11.6 Å². The van der Waals surface area contributed by atoms with Crippen molar-refractivity contribution in [2.75, 3.05) is 11.9 Å². The summed E-state index contributed by atoms with van der Waals surface area (Å²) in [6.45, 7) is 1.18. The van der Waals surface area contributed by atoms with Crippen LogP contribution >= 0.6 is 0 Å². The highest BCUT2D eigenvalue weighted by Gasteiger charge is 2.34. The molecule has 1 heterocycles. The normalized spacial score (nSPS) is 31.7. The molecule has 3 nitrogen and oxygen atoms in total. The monoisotopic (exact) mass is 246 g/mol. The third-order valence-corrected chi connectivity index (χ3v) is 4.38. The summed E-state index contributed by atoms with van der Waals surface area (Å²) in [6, 6.07) is 8.73. The van der Waals surface area contributed by atoms with Gasteiger partial charge in [-0.05, 0) is 50.3 Å². The summed E-state index contributed by atoms with van der Waals surface area (Å²) >= 11 is 0. The number of hydrogen-bond donors (Lipinski definition) is 3. The van der Waals surface area contributed by atoms with Crippen LogP contribution in [0.4, 0.5) is 5.69 Å². The van der Waals surface area contributed by atoms with Gasteiger partial charge in [-0.3, -0.25) is 0 Å². The van der Waals surface area contributed by atoms with E-state index in [0.29, 0.717) is 17.8 Å². The second-order valence-electron chi connectivity index (χ2n) is 5.60. The van der Waals surface area contributed by atoms with Crippen molar-refractivity contribution in [1.29, 1.82) is 0 Å². The maximum absolute atomic E-state index is 9.51. The highest BCUT2D eigenvalue weighted by molar-refractivity contribution is 5.48. The van der Waals surface area contributed by atoms with Gasteiger partial charge < -0.3 is 15.7 Å². The van der Waals surface area contributed by atoms with Crippen molar-refractivity contribution in [3.8, 4) is 5.75 Å². The number of benzene rings is 1. The molecule has 1 aromatic carbocycles. The molecule has 0 amide bonds. The van der Waals surface area contributed by atoms with Gasteiger partial charge in [0.15, 0.2) is 0 Å².